The molecule has 332 valence electrons. The van der Waals surface area contributed by atoms with Gasteiger partial charge in [0.25, 0.3) is 34.4 Å². The number of halogens is 1. The molecule has 22 heteroatoms. The van der Waals surface area contributed by atoms with Crippen molar-refractivity contribution in [1.82, 2.24) is 59.6 Å². The summed E-state index contributed by atoms with van der Waals surface area (Å²) in [5.74, 6) is 0.524. The van der Waals surface area contributed by atoms with Gasteiger partial charge in [0.1, 0.15) is 87.6 Å². The third-order valence-electron chi connectivity index (χ3n) is 10.2. The van der Waals surface area contributed by atoms with Crippen LogP contribution in [0.4, 0.5) is 34.5 Å². The fraction of sp³-hybridized carbons (Fsp3) is 0.209. The van der Waals surface area contributed by atoms with Crippen LogP contribution in [0.5, 0.6) is 0 Å². The topological polar surface area (TPSA) is 267 Å². The minimum absolute atomic E-state index is 0.167. The van der Waals surface area contributed by atoms with Crippen LogP contribution in [0.25, 0.3) is 12.2 Å². The molecule has 3 aliphatic heterocycles. The highest BCUT2D eigenvalue weighted by Crippen LogP contribution is 2.30. The van der Waals surface area contributed by atoms with Crippen LogP contribution in [0.1, 0.15) is 84.1 Å². The van der Waals surface area contributed by atoms with Gasteiger partial charge >= 0.3 is 0 Å². The number of carbonyl (C=O) groups excluding carboxylic acids is 3. The lowest BCUT2D eigenvalue weighted by atomic mass is 10.1. The van der Waals surface area contributed by atoms with Crippen LogP contribution in [0.2, 0.25) is 5.02 Å². The van der Waals surface area contributed by atoms with Crippen molar-refractivity contribution in [2.75, 3.05) is 16.0 Å². The molecule has 0 fully saturated rings. The van der Waals surface area contributed by atoms with E-state index in [-0.39, 0.29) is 50.8 Å². The van der Waals surface area contributed by atoms with Gasteiger partial charge in [-0.1, -0.05) is 36.9 Å². The van der Waals surface area contributed by atoms with Crippen molar-refractivity contribution >= 4 is 76.0 Å². The summed E-state index contributed by atoms with van der Waals surface area (Å²) in [6.45, 7) is 18.0. The van der Waals surface area contributed by atoms with Crippen molar-refractivity contribution in [3.05, 3.63) is 151 Å². The van der Waals surface area contributed by atoms with Gasteiger partial charge in [0.15, 0.2) is 0 Å². The second-order valence-corrected chi connectivity index (χ2v) is 16.4. The first kappa shape index (κ1) is 44.7. The molecule has 0 saturated heterocycles. The smallest absolute Gasteiger partial charge is 0.276 e. The van der Waals surface area contributed by atoms with Crippen LogP contribution in [-0.2, 0) is 17.0 Å². The van der Waals surface area contributed by atoms with Crippen LogP contribution in [0.3, 0.4) is 0 Å². The maximum atomic E-state index is 12.7. The van der Waals surface area contributed by atoms with Crippen molar-refractivity contribution in [2.45, 2.75) is 58.5 Å². The monoisotopic (exact) mass is 899 g/mol. The highest BCUT2D eigenvalue weighted by molar-refractivity contribution is 6.34. The maximum Gasteiger partial charge on any atom is 0.276 e. The van der Waals surface area contributed by atoms with Crippen LogP contribution >= 0.6 is 11.6 Å². The summed E-state index contributed by atoms with van der Waals surface area (Å²) in [5.41, 5.74) is -0.543. The minimum atomic E-state index is -0.837. The van der Waals surface area contributed by atoms with Crippen LogP contribution < -0.4 is 48.6 Å². The molecule has 0 bridgehead atoms. The van der Waals surface area contributed by atoms with Crippen molar-refractivity contribution in [2.24, 2.45) is 0 Å². The normalized spacial score (nSPS) is 15.2. The highest BCUT2D eigenvalue weighted by atomic mass is 35.5. The number of hydrogen-bond acceptors (Lipinski definition) is 15. The molecule has 3 amide bonds. The third-order valence-corrected chi connectivity index (χ3v) is 10.5. The number of nitrogens with one attached hydrogen (secondary N) is 6. The van der Waals surface area contributed by atoms with Gasteiger partial charge in [-0.25, -0.2) is 29.9 Å². The fourth-order valence-electron chi connectivity index (χ4n) is 7.40. The molecule has 9 heterocycles. The Morgan fingerprint density at radius 3 is 1.14 bits per heavy atom. The Balaban J connectivity index is 0.000000145. The Hall–Kier alpha value is -8.33. The Kier molecular flexibility index (Phi) is 11.8. The number of carbonyl (C=O) groups is 3. The first-order valence-corrected chi connectivity index (χ1v) is 20.0. The second-order valence-electron chi connectivity index (χ2n) is 16.0. The quantitative estimate of drug-likeness (QED) is 0.124. The molecule has 6 N–H and O–H groups in total. The summed E-state index contributed by atoms with van der Waals surface area (Å²) < 4.78 is 4.23. The Morgan fingerprint density at radius 2 is 0.831 bits per heavy atom. The lowest BCUT2D eigenvalue weighted by Crippen LogP contribution is -2.42. The first-order valence-electron chi connectivity index (χ1n) is 19.7. The number of fused-ring (bicyclic) bond motifs is 3. The van der Waals surface area contributed by atoms with E-state index < -0.39 is 17.0 Å². The van der Waals surface area contributed by atoms with E-state index >= 15 is 0 Å². The number of nitrogens with zero attached hydrogens (tertiary/aromatic N) is 9. The largest absolute Gasteiger partial charge is 0.336 e. The molecule has 21 nitrogen and oxygen atoms in total. The van der Waals surface area contributed by atoms with Crippen molar-refractivity contribution in [3.63, 3.8) is 0 Å². The van der Waals surface area contributed by atoms with E-state index in [1.165, 1.54) is 38.7 Å². The maximum absolute atomic E-state index is 12.7. The average molecular weight is 900 g/mol. The van der Waals surface area contributed by atoms with E-state index in [1.807, 2.05) is 0 Å². The number of rotatable bonds is 8. The van der Waals surface area contributed by atoms with E-state index in [4.69, 9.17) is 11.6 Å². The SMILES string of the molecule is C=Cc1cc(Nc2ccncn2)c(=O)n2c1C(=O)NC2(C)C.C=Cc1cc(Nc2ccncn2)c(=O)n2c1C(=O)NC2(C)C.CC1(C)NC(=O)c2c(Cl)cc(Nc3ccncn3)c(=O)n21. The predicted molar refractivity (Wildman–Crippen MR) is 244 cm³/mol. The molecule has 6 aromatic rings. The summed E-state index contributed by atoms with van der Waals surface area (Å²) in [7, 11) is 0. The van der Waals surface area contributed by atoms with Crippen LogP contribution in [0, 0.1) is 0 Å². The summed E-state index contributed by atoms with van der Waals surface area (Å²) in [6, 6.07) is 9.56. The number of aromatic nitrogens is 9. The van der Waals surface area contributed by atoms with E-state index in [0.717, 1.165) is 0 Å². The van der Waals surface area contributed by atoms with Crippen LogP contribution in [0.15, 0.2) is 102 Å². The summed E-state index contributed by atoms with van der Waals surface area (Å²) in [4.78, 5) is 97.7. The molecule has 6 aromatic heterocycles. The molecule has 0 spiro atoms. The van der Waals surface area contributed by atoms with Gasteiger partial charge in [-0.15, -0.1) is 0 Å². The second kappa shape index (κ2) is 17.1. The van der Waals surface area contributed by atoms with E-state index in [9.17, 15) is 28.8 Å². The Labute approximate surface area is 374 Å². The number of hydrogen-bond donors (Lipinski definition) is 6. The van der Waals surface area contributed by atoms with Gasteiger partial charge < -0.3 is 31.9 Å². The number of pyridine rings is 3. The van der Waals surface area contributed by atoms with Gasteiger partial charge in [0, 0.05) is 29.7 Å². The molecule has 0 unspecified atom stereocenters. The van der Waals surface area contributed by atoms with Gasteiger partial charge in [-0.05, 0) is 77.9 Å². The molecule has 0 radical (unpaired) electrons. The minimum Gasteiger partial charge on any atom is -0.336 e. The summed E-state index contributed by atoms with van der Waals surface area (Å²) in [6.07, 6.45) is 11.9. The molecule has 3 aliphatic rings. The molecule has 65 heavy (non-hydrogen) atoms. The van der Waals surface area contributed by atoms with Crippen molar-refractivity contribution in [3.8, 4) is 0 Å². The molecule has 0 saturated carbocycles. The zero-order valence-electron chi connectivity index (χ0n) is 35.8. The standard InChI is InChI=1S/2C15H15N5O2.C13H12ClN5O2/c2*1-4-9-7-10(18-11-5-6-16-8-17-11)14(22)20-12(9)13(21)19-15(20,2)3;1-13(2)18-11(20)10-7(14)5-8(12(21)19(10)13)17-9-3-4-15-6-16-9/h2*4-8H,1H2,2-3H3,(H,19,21)(H,16,17,18);3-6H,1-2H3,(H,18,20)(H,15,16,17). The third kappa shape index (κ3) is 8.58. The predicted octanol–water partition coefficient (Wildman–Crippen LogP) is 4.39. The Bertz CT molecular complexity index is 2950. The Morgan fingerprint density at radius 1 is 0.523 bits per heavy atom. The molecular weight excluding hydrogens is 858 g/mol. The zero-order valence-corrected chi connectivity index (χ0v) is 36.6. The molecule has 9 rings (SSSR count). The fourth-order valence-corrected chi connectivity index (χ4v) is 7.68. The van der Waals surface area contributed by atoms with E-state index in [2.05, 4.69) is 75.0 Å². The molecule has 0 aromatic carbocycles. The van der Waals surface area contributed by atoms with Gasteiger partial charge in [-0.3, -0.25) is 42.5 Å². The number of amides is 3. The van der Waals surface area contributed by atoms with Crippen molar-refractivity contribution < 1.29 is 14.4 Å². The molecular formula is C43H42ClN15O6. The van der Waals surface area contributed by atoms with Gasteiger partial charge in [0.2, 0.25) is 0 Å². The lowest BCUT2D eigenvalue weighted by molar-refractivity contribution is 0.0925. The molecule has 0 atom stereocenters. The number of anilines is 6. The summed E-state index contributed by atoms with van der Waals surface area (Å²) >= 11 is 6.14. The average Bonchev–Trinajstić information content (AvgIpc) is 3.78. The van der Waals surface area contributed by atoms with Gasteiger partial charge in [0.05, 0.1) is 5.02 Å². The zero-order chi connectivity index (χ0) is 47.0. The van der Waals surface area contributed by atoms with Crippen molar-refractivity contribution in [1.29, 1.82) is 0 Å². The highest BCUT2D eigenvalue weighted by Gasteiger charge is 2.40. The molecule has 0 aliphatic carbocycles. The van der Waals surface area contributed by atoms with E-state index in [1.54, 1.807) is 103 Å². The van der Waals surface area contributed by atoms with Gasteiger partial charge in [-0.2, -0.15) is 0 Å². The summed E-state index contributed by atoms with van der Waals surface area (Å²) in [5, 5.41) is 17.3. The van der Waals surface area contributed by atoms with E-state index in [0.29, 0.717) is 51.3 Å². The van der Waals surface area contributed by atoms with Crippen LogP contribution in [-0.4, -0.2) is 61.3 Å². The first-order chi connectivity index (χ1) is 30.8. The lowest BCUT2D eigenvalue weighted by Gasteiger charge is -2.22.